The average molecular weight is 429 g/mol. The fraction of sp³-hybridized carbons (Fsp3) is 0.346. The van der Waals surface area contributed by atoms with E-state index in [1.54, 1.807) is 0 Å². The molecule has 1 saturated heterocycles. The summed E-state index contributed by atoms with van der Waals surface area (Å²) in [5.41, 5.74) is 4.48. The van der Waals surface area contributed by atoms with Crippen molar-refractivity contribution < 1.29 is 9.59 Å². The van der Waals surface area contributed by atoms with Gasteiger partial charge in [0.2, 0.25) is 11.8 Å². The highest BCUT2D eigenvalue weighted by Gasteiger charge is 2.44. The van der Waals surface area contributed by atoms with Crippen LogP contribution >= 0.6 is 0 Å². The monoisotopic (exact) mass is 428 g/mol. The molecule has 1 N–H and O–H groups in total. The maximum absolute atomic E-state index is 13.8. The van der Waals surface area contributed by atoms with E-state index in [1.807, 2.05) is 70.2 Å². The maximum Gasteiger partial charge on any atom is 0.234 e. The van der Waals surface area contributed by atoms with Crippen molar-refractivity contribution in [2.45, 2.75) is 31.7 Å². The molecule has 1 aliphatic heterocycles. The minimum absolute atomic E-state index is 0.0268. The third kappa shape index (κ3) is 3.93. The van der Waals surface area contributed by atoms with Crippen LogP contribution in [0.5, 0.6) is 0 Å². The van der Waals surface area contributed by atoms with Crippen LogP contribution in [-0.2, 0) is 22.6 Å². The Hall–Kier alpha value is -3.41. The highest BCUT2D eigenvalue weighted by Crippen LogP contribution is 2.43. The van der Waals surface area contributed by atoms with Gasteiger partial charge in [-0.05, 0) is 29.0 Å². The summed E-state index contributed by atoms with van der Waals surface area (Å²) < 4.78 is 1.93. The molecule has 2 aromatic carbocycles. The number of hydrogen-bond acceptors (Lipinski definition) is 3. The van der Waals surface area contributed by atoms with E-state index < -0.39 is 0 Å². The number of rotatable bonds is 6. The lowest BCUT2D eigenvalue weighted by Gasteiger charge is -2.25. The van der Waals surface area contributed by atoms with Crippen LogP contribution in [0.1, 0.15) is 41.1 Å². The number of fused-ring (bicyclic) bond motifs is 3. The summed E-state index contributed by atoms with van der Waals surface area (Å²) in [6.45, 7) is 4.26. The molecule has 1 aliphatic carbocycles. The number of likely N-dealkylation sites (tertiary alicyclic amines) is 1. The van der Waals surface area contributed by atoms with Gasteiger partial charge in [0.05, 0.1) is 18.2 Å². The number of carbonyl (C=O) groups is 2. The Kier molecular flexibility index (Phi) is 5.52. The molecule has 0 spiro atoms. The smallest absolute Gasteiger partial charge is 0.234 e. The van der Waals surface area contributed by atoms with Crippen molar-refractivity contribution in [3.63, 3.8) is 0 Å². The van der Waals surface area contributed by atoms with Crippen LogP contribution in [0.2, 0.25) is 0 Å². The molecule has 1 aromatic heterocycles. The zero-order valence-corrected chi connectivity index (χ0v) is 18.3. The van der Waals surface area contributed by atoms with Crippen LogP contribution in [0.3, 0.4) is 0 Å². The molecular weight excluding hydrogens is 400 g/mol. The molecule has 6 nitrogen and oxygen atoms in total. The summed E-state index contributed by atoms with van der Waals surface area (Å²) in [4.78, 5) is 26.9. The average Bonchev–Trinajstić information content (AvgIpc) is 3.46. The molecule has 164 valence electrons. The molecule has 2 amide bonds. The van der Waals surface area contributed by atoms with Crippen molar-refractivity contribution in [3.05, 3.63) is 89.2 Å². The van der Waals surface area contributed by atoms with Crippen LogP contribution in [-0.4, -0.2) is 46.1 Å². The first-order valence-corrected chi connectivity index (χ1v) is 11.3. The number of aromatic nitrogens is 2. The summed E-state index contributed by atoms with van der Waals surface area (Å²) >= 11 is 0. The molecule has 1 fully saturated rings. The summed E-state index contributed by atoms with van der Waals surface area (Å²) in [5.74, 6) is 0.590. The maximum atomic E-state index is 13.8. The summed E-state index contributed by atoms with van der Waals surface area (Å²) in [5, 5.41) is 7.63. The van der Waals surface area contributed by atoms with Crippen LogP contribution < -0.4 is 5.32 Å². The van der Waals surface area contributed by atoms with Crippen LogP contribution in [0, 0.1) is 5.92 Å². The van der Waals surface area contributed by atoms with E-state index in [9.17, 15) is 9.59 Å². The predicted octanol–water partition coefficient (Wildman–Crippen LogP) is 2.95. The Labute approximate surface area is 188 Å². The molecule has 6 heteroatoms. The summed E-state index contributed by atoms with van der Waals surface area (Å²) in [6.07, 6.45) is 3.07. The minimum Gasteiger partial charge on any atom is -0.354 e. The summed E-state index contributed by atoms with van der Waals surface area (Å²) in [6, 6.07) is 20.1. The third-order valence-electron chi connectivity index (χ3n) is 6.68. The number of hydrogen-bond donors (Lipinski definition) is 1. The van der Waals surface area contributed by atoms with E-state index in [-0.39, 0.29) is 17.7 Å². The number of amides is 2. The zero-order chi connectivity index (χ0) is 22.1. The van der Waals surface area contributed by atoms with Gasteiger partial charge in [0, 0.05) is 38.7 Å². The Bertz CT molecular complexity index is 1070. The number of nitrogens with zero attached hydrogens (tertiary/aromatic N) is 3. The van der Waals surface area contributed by atoms with Crippen molar-refractivity contribution >= 4 is 11.8 Å². The van der Waals surface area contributed by atoms with E-state index in [0.717, 1.165) is 36.3 Å². The Morgan fingerprint density at radius 1 is 1.03 bits per heavy atom. The van der Waals surface area contributed by atoms with E-state index in [0.29, 0.717) is 24.9 Å². The molecule has 5 rings (SSSR count). The van der Waals surface area contributed by atoms with Crippen LogP contribution in [0.4, 0.5) is 0 Å². The van der Waals surface area contributed by atoms with Gasteiger partial charge in [-0.3, -0.25) is 14.3 Å². The van der Waals surface area contributed by atoms with Crippen LogP contribution in [0.15, 0.2) is 66.9 Å². The van der Waals surface area contributed by atoms with Gasteiger partial charge in [-0.1, -0.05) is 60.7 Å². The molecule has 2 atom stereocenters. The van der Waals surface area contributed by atoms with Crippen LogP contribution in [0.25, 0.3) is 0 Å². The lowest BCUT2D eigenvalue weighted by atomic mass is 9.90. The van der Waals surface area contributed by atoms with Gasteiger partial charge >= 0.3 is 0 Å². The third-order valence-corrected chi connectivity index (χ3v) is 6.68. The normalized spacial score (nSPS) is 19.1. The Morgan fingerprint density at radius 2 is 1.69 bits per heavy atom. The second-order valence-electron chi connectivity index (χ2n) is 8.85. The lowest BCUT2D eigenvalue weighted by Crippen LogP contribution is -2.34. The zero-order valence-electron chi connectivity index (χ0n) is 18.3. The quantitative estimate of drug-likeness (QED) is 0.656. The largest absolute Gasteiger partial charge is 0.354 e. The lowest BCUT2D eigenvalue weighted by molar-refractivity contribution is -0.131. The van der Waals surface area contributed by atoms with Gasteiger partial charge in [-0.2, -0.15) is 5.10 Å². The van der Waals surface area contributed by atoms with Gasteiger partial charge in [-0.25, -0.2) is 0 Å². The molecule has 32 heavy (non-hydrogen) atoms. The fourth-order valence-corrected chi connectivity index (χ4v) is 5.21. The number of carbonyl (C=O) groups excluding carboxylic acids is 2. The van der Waals surface area contributed by atoms with Crippen molar-refractivity contribution in [3.8, 4) is 0 Å². The molecule has 0 saturated carbocycles. The molecule has 2 heterocycles. The van der Waals surface area contributed by atoms with E-state index in [4.69, 9.17) is 5.10 Å². The van der Waals surface area contributed by atoms with Gasteiger partial charge < -0.3 is 10.2 Å². The fourth-order valence-electron chi connectivity index (χ4n) is 5.21. The SMILES string of the molecule is CC(=O)NCCn1cc2c(n1)[C@H]1CN(C(=O)C(c3ccccc3)c3ccccc3)C[C@H]1C2. The molecule has 0 bridgehead atoms. The topological polar surface area (TPSA) is 67.2 Å². The first kappa shape index (κ1) is 20.5. The molecule has 2 aliphatic rings. The first-order valence-electron chi connectivity index (χ1n) is 11.3. The van der Waals surface area contributed by atoms with Crippen molar-refractivity contribution in [2.75, 3.05) is 19.6 Å². The highest BCUT2D eigenvalue weighted by molar-refractivity contribution is 5.87. The van der Waals surface area contributed by atoms with Crippen molar-refractivity contribution in [2.24, 2.45) is 5.92 Å². The Balaban J connectivity index is 1.33. The highest BCUT2D eigenvalue weighted by atomic mass is 16.2. The van der Waals surface area contributed by atoms with Crippen molar-refractivity contribution in [1.82, 2.24) is 20.0 Å². The van der Waals surface area contributed by atoms with Gasteiger partial charge in [0.1, 0.15) is 0 Å². The Morgan fingerprint density at radius 3 is 2.31 bits per heavy atom. The summed E-state index contributed by atoms with van der Waals surface area (Å²) in [7, 11) is 0. The predicted molar refractivity (Wildman–Crippen MR) is 122 cm³/mol. The molecule has 3 aromatic rings. The second-order valence-corrected chi connectivity index (χ2v) is 8.85. The first-order chi connectivity index (χ1) is 15.6. The molecule has 0 radical (unpaired) electrons. The van der Waals surface area contributed by atoms with E-state index in [1.165, 1.54) is 12.5 Å². The minimum atomic E-state index is -0.286. The molecule has 0 unspecified atom stereocenters. The van der Waals surface area contributed by atoms with Gasteiger partial charge in [0.15, 0.2) is 0 Å². The van der Waals surface area contributed by atoms with Gasteiger partial charge in [-0.15, -0.1) is 0 Å². The standard InChI is InChI=1S/C26H28N4O2/c1-18(31)27-12-13-30-16-22-14-21-15-29(17-23(21)25(22)28-30)26(32)24(19-8-4-2-5-9-19)20-10-6-3-7-11-20/h2-11,16,21,23-24H,12-15,17H2,1H3,(H,27,31)/t21-,23+/m1/s1. The molecular formula is C26H28N4O2. The number of benzene rings is 2. The van der Waals surface area contributed by atoms with E-state index >= 15 is 0 Å². The van der Waals surface area contributed by atoms with Gasteiger partial charge in [0.25, 0.3) is 0 Å². The number of nitrogens with one attached hydrogen (secondary N) is 1. The van der Waals surface area contributed by atoms with Crippen molar-refractivity contribution in [1.29, 1.82) is 0 Å². The second kappa shape index (κ2) is 8.61. The van der Waals surface area contributed by atoms with E-state index in [2.05, 4.69) is 11.5 Å².